The molecule has 134 valence electrons. The molecular weight excluding hydrogens is 355 g/mol. The van der Waals surface area contributed by atoms with E-state index >= 15 is 0 Å². The van der Waals surface area contributed by atoms with Crippen LogP contribution in [0.2, 0.25) is 0 Å². The van der Waals surface area contributed by atoms with Gasteiger partial charge in [-0.25, -0.2) is 0 Å². The molecule has 3 rings (SSSR count). The van der Waals surface area contributed by atoms with Crippen LogP contribution in [-0.2, 0) is 4.57 Å². The fraction of sp³-hybridized carbons (Fsp3) is 0.130. The Morgan fingerprint density at radius 3 is 1.74 bits per heavy atom. The fourth-order valence-electron chi connectivity index (χ4n) is 3.44. The molecule has 27 heavy (non-hydrogen) atoms. The van der Waals surface area contributed by atoms with Gasteiger partial charge in [-0.05, 0) is 44.0 Å². The summed E-state index contributed by atoms with van der Waals surface area (Å²) in [6.45, 7) is 5.80. The first-order valence-electron chi connectivity index (χ1n) is 8.62. The van der Waals surface area contributed by atoms with Crippen LogP contribution < -0.4 is 5.30 Å². The van der Waals surface area contributed by atoms with Gasteiger partial charge in [-0.2, -0.15) is 0 Å². The summed E-state index contributed by atoms with van der Waals surface area (Å²) in [5, 5.41) is 0.410. The number of aryl methyl sites for hydroxylation is 3. The summed E-state index contributed by atoms with van der Waals surface area (Å²) in [4.78, 5) is 26.4. The number of carbonyl (C=O) groups excluding carboxylic acids is 2. The molecule has 0 amide bonds. The summed E-state index contributed by atoms with van der Waals surface area (Å²) in [6.07, 6.45) is 0. The molecule has 4 heteroatoms. The number of ketones is 2. The first kappa shape index (κ1) is 18.9. The molecule has 0 bridgehead atoms. The van der Waals surface area contributed by atoms with E-state index in [9.17, 15) is 14.2 Å². The van der Waals surface area contributed by atoms with Gasteiger partial charge in [0.15, 0.2) is 20.0 Å². The molecule has 0 heterocycles. The minimum atomic E-state index is -0.305. The molecular formula is C23H19O3P. The zero-order valence-corrected chi connectivity index (χ0v) is 16.3. The van der Waals surface area contributed by atoms with Crippen LogP contribution in [0.25, 0.3) is 0 Å². The Balaban J connectivity index is 2.14. The van der Waals surface area contributed by atoms with Crippen LogP contribution in [0, 0.1) is 20.8 Å². The predicted molar refractivity (Wildman–Crippen MR) is 108 cm³/mol. The summed E-state index contributed by atoms with van der Waals surface area (Å²) in [5.41, 5.74) is 4.50. The molecule has 0 aliphatic heterocycles. The van der Waals surface area contributed by atoms with Crippen molar-refractivity contribution in [2.24, 2.45) is 0 Å². The fourth-order valence-corrected chi connectivity index (χ4v) is 3.86. The molecule has 0 radical (unpaired) electrons. The molecule has 3 aromatic carbocycles. The summed E-state index contributed by atoms with van der Waals surface area (Å²) in [7, 11) is -0.225. The van der Waals surface area contributed by atoms with E-state index in [1.54, 1.807) is 48.5 Å². The number of rotatable bonds is 5. The van der Waals surface area contributed by atoms with Crippen molar-refractivity contribution in [3.8, 4) is 0 Å². The van der Waals surface area contributed by atoms with Crippen LogP contribution in [-0.4, -0.2) is 11.6 Å². The Hall–Kier alpha value is -2.90. The van der Waals surface area contributed by atoms with Gasteiger partial charge in [0.05, 0.1) is 5.30 Å². The standard InChI is InChI=1S/C23H19O3P/c1-14-12-15(2)21(16(3)13-14)23(25)18-9-5-4-8-17(18)22(24)19-10-6-7-11-20(19)27-26/h4-13H,1-3H3. The Kier molecular flexibility index (Phi) is 5.43. The van der Waals surface area contributed by atoms with Gasteiger partial charge in [-0.1, -0.05) is 54.1 Å². The van der Waals surface area contributed by atoms with E-state index in [2.05, 4.69) is 0 Å². The van der Waals surface area contributed by atoms with Crippen molar-refractivity contribution in [1.82, 2.24) is 0 Å². The van der Waals surface area contributed by atoms with Crippen molar-refractivity contribution >= 4 is 25.3 Å². The molecule has 0 aliphatic rings. The minimum Gasteiger partial charge on any atom is -0.289 e. The van der Waals surface area contributed by atoms with Gasteiger partial charge in [-0.15, -0.1) is 0 Å². The molecule has 0 saturated carbocycles. The van der Waals surface area contributed by atoms with E-state index < -0.39 is 0 Å². The maximum absolute atomic E-state index is 13.3. The lowest BCUT2D eigenvalue weighted by Gasteiger charge is -2.13. The molecule has 0 atom stereocenters. The van der Waals surface area contributed by atoms with Crippen LogP contribution in [0.3, 0.4) is 0 Å². The Labute approximate surface area is 160 Å². The van der Waals surface area contributed by atoms with Crippen molar-refractivity contribution in [3.05, 3.63) is 99.6 Å². The average Bonchev–Trinajstić information content (AvgIpc) is 2.66. The van der Waals surface area contributed by atoms with Gasteiger partial charge in [0, 0.05) is 22.3 Å². The monoisotopic (exact) mass is 374 g/mol. The van der Waals surface area contributed by atoms with E-state index in [1.807, 2.05) is 32.9 Å². The molecule has 0 spiro atoms. The van der Waals surface area contributed by atoms with E-state index in [0.717, 1.165) is 16.7 Å². The normalized spacial score (nSPS) is 10.8. The zero-order chi connectivity index (χ0) is 19.6. The SMILES string of the molecule is Cc1cc(C)c(C(=O)c2ccccc2C(=O)c2ccccc2P=O)c(C)c1. The molecule has 0 saturated heterocycles. The average molecular weight is 374 g/mol. The molecule has 3 nitrogen and oxygen atoms in total. The first-order chi connectivity index (χ1) is 12.9. The van der Waals surface area contributed by atoms with Gasteiger partial charge in [0.2, 0.25) is 0 Å². The molecule has 0 fully saturated rings. The Bertz CT molecular complexity index is 1040. The largest absolute Gasteiger partial charge is 0.289 e. The second-order valence-corrected chi connectivity index (χ2v) is 7.25. The highest BCUT2D eigenvalue weighted by Crippen LogP contribution is 2.24. The highest BCUT2D eigenvalue weighted by Gasteiger charge is 2.23. The highest BCUT2D eigenvalue weighted by atomic mass is 31.1. The quantitative estimate of drug-likeness (QED) is 0.467. The third-order valence-corrected chi connectivity index (χ3v) is 5.15. The van der Waals surface area contributed by atoms with Crippen LogP contribution in [0.15, 0.2) is 60.7 Å². The van der Waals surface area contributed by atoms with Crippen LogP contribution in [0.1, 0.15) is 48.5 Å². The zero-order valence-electron chi connectivity index (χ0n) is 15.4. The third-order valence-electron chi connectivity index (χ3n) is 4.57. The lowest BCUT2D eigenvalue weighted by molar-refractivity contribution is 0.100. The van der Waals surface area contributed by atoms with E-state index in [0.29, 0.717) is 27.6 Å². The molecule has 0 aromatic heterocycles. The van der Waals surface area contributed by atoms with Crippen LogP contribution in [0.4, 0.5) is 0 Å². The highest BCUT2D eigenvalue weighted by molar-refractivity contribution is 7.34. The van der Waals surface area contributed by atoms with E-state index in [1.165, 1.54) is 0 Å². The molecule has 0 unspecified atom stereocenters. The number of hydrogen-bond donors (Lipinski definition) is 0. The number of hydrogen-bond acceptors (Lipinski definition) is 3. The molecule has 0 N–H and O–H groups in total. The molecule has 0 aliphatic carbocycles. The lowest BCUT2D eigenvalue weighted by atomic mass is 9.89. The second kappa shape index (κ2) is 7.77. The van der Waals surface area contributed by atoms with Gasteiger partial charge < -0.3 is 0 Å². The Morgan fingerprint density at radius 1 is 0.704 bits per heavy atom. The van der Waals surface area contributed by atoms with Gasteiger partial charge in [-0.3, -0.25) is 14.2 Å². The van der Waals surface area contributed by atoms with E-state index in [-0.39, 0.29) is 20.0 Å². The lowest BCUT2D eigenvalue weighted by Crippen LogP contribution is -2.16. The summed E-state index contributed by atoms with van der Waals surface area (Å²) in [5.74, 6) is -0.480. The minimum absolute atomic E-state index is 0.175. The topological polar surface area (TPSA) is 51.2 Å². The number of benzene rings is 3. The summed E-state index contributed by atoms with van der Waals surface area (Å²) in [6, 6.07) is 17.5. The van der Waals surface area contributed by atoms with Crippen molar-refractivity contribution < 1.29 is 14.2 Å². The molecule has 3 aromatic rings. The maximum atomic E-state index is 13.3. The first-order valence-corrected chi connectivity index (χ1v) is 9.44. The smallest absolute Gasteiger partial charge is 0.194 e. The van der Waals surface area contributed by atoms with Crippen molar-refractivity contribution in [2.45, 2.75) is 20.8 Å². The van der Waals surface area contributed by atoms with Crippen LogP contribution >= 0.6 is 8.46 Å². The van der Waals surface area contributed by atoms with Crippen molar-refractivity contribution in [2.75, 3.05) is 0 Å². The number of carbonyl (C=O) groups is 2. The van der Waals surface area contributed by atoms with E-state index in [4.69, 9.17) is 0 Å². The van der Waals surface area contributed by atoms with Gasteiger partial charge in [0.25, 0.3) is 0 Å². The second-order valence-electron chi connectivity index (χ2n) is 6.59. The predicted octanol–water partition coefficient (Wildman–Crippen LogP) is 4.99. The van der Waals surface area contributed by atoms with Gasteiger partial charge in [0.1, 0.15) is 0 Å². The van der Waals surface area contributed by atoms with Crippen LogP contribution in [0.5, 0.6) is 0 Å². The van der Waals surface area contributed by atoms with Crippen molar-refractivity contribution in [3.63, 3.8) is 0 Å². The van der Waals surface area contributed by atoms with Crippen molar-refractivity contribution in [1.29, 1.82) is 0 Å². The third kappa shape index (κ3) is 3.65. The van der Waals surface area contributed by atoms with Gasteiger partial charge >= 0.3 is 0 Å². The summed E-state index contributed by atoms with van der Waals surface area (Å²) < 4.78 is 11.4. The summed E-state index contributed by atoms with van der Waals surface area (Å²) >= 11 is 0. The Morgan fingerprint density at radius 2 is 1.19 bits per heavy atom. The maximum Gasteiger partial charge on any atom is 0.194 e.